The van der Waals surface area contributed by atoms with Crippen molar-refractivity contribution in [2.45, 2.75) is 25.8 Å². The minimum Gasteiger partial charge on any atom is -0.331 e. The summed E-state index contributed by atoms with van der Waals surface area (Å²) in [5.41, 5.74) is 2.86. The number of hydrogen-bond acceptors (Lipinski definition) is 2. The maximum absolute atomic E-state index is 13.2. The second kappa shape index (κ2) is 5.52. The molecule has 21 heavy (non-hydrogen) atoms. The highest BCUT2D eigenvalue weighted by molar-refractivity contribution is 5.89. The van der Waals surface area contributed by atoms with Gasteiger partial charge in [-0.25, -0.2) is 14.2 Å². The summed E-state index contributed by atoms with van der Waals surface area (Å²) < 4.78 is 13.2. The van der Waals surface area contributed by atoms with Crippen molar-refractivity contribution < 1.29 is 9.18 Å². The molecule has 0 radical (unpaired) electrons. The van der Waals surface area contributed by atoms with Crippen molar-refractivity contribution in [3.05, 3.63) is 59.0 Å². The van der Waals surface area contributed by atoms with Gasteiger partial charge in [0, 0.05) is 6.20 Å². The number of nitrogens with zero attached hydrogens (tertiary/aromatic N) is 1. The number of hydrogen-bond donors (Lipinski definition) is 2. The fourth-order valence-corrected chi connectivity index (χ4v) is 2.65. The number of carbonyl (C=O) groups is 1. The van der Waals surface area contributed by atoms with Gasteiger partial charge in [0.25, 0.3) is 0 Å². The maximum atomic E-state index is 13.2. The van der Waals surface area contributed by atoms with Crippen LogP contribution >= 0.6 is 0 Å². The molecule has 1 aliphatic rings. The van der Waals surface area contributed by atoms with Crippen molar-refractivity contribution in [3.63, 3.8) is 0 Å². The van der Waals surface area contributed by atoms with Crippen molar-refractivity contribution in [1.29, 1.82) is 0 Å². The van der Waals surface area contributed by atoms with Gasteiger partial charge in [-0.3, -0.25) is 5.32 Å². The predicted octanol–water partition coefficient (Wildman–Crippen LogP) is 3.34. The molecule has 108 valence electrons. The highest BCUT2D eigenvalue weighted by Crippen LogP contribution is 2.31. The summed E-state index contributed by atoms with van der Waals surface area (Å²) in [7, 11) is 0. The van der Waals surface area contributed by atoms with Gasteiger partial charge in [0.2, 0.25) is 0 Å². The van der Waals surface area contributed by atoms with Gasteiger partial charge in [0.1, 0.15) is 11.6 Å². The van der Waals surface area contributed by atoms with Gasteiger partial charge in [-0.15, -0.1) is 0 Å². The van der Waals surface area contributed by atoms with Crippen LogP contribution in [0.3, 0.4) is 0 Å². The smallest absolute Gasteiger partial charge is 0.320 e. The monoisotopic (exact) mass is 285 g/mol. The number of benzene rings is 1. The average molecular weight is 285 g/mol. The molecule has 2 aromatic rings. The minimum absolute atomic E-state index is 0.0791. The van der Waals surface area contributed by atoms with Crippen LogP contribution in [0.25, 0.3) is 0 Å². The van der Waals surface area contributed by atoms with E-state index in [0.717, 1.165) is 29.5 Å². The summed E-state index contributed by atoms with van der Waals surface area (Å²) in [4.78, 5) is 16.2. The first-order chi connectivity index (χ1) is 10.1. The fourth-order valence-electron chi connectivity index (χ4n) is 2.65. The molecule has 1 aromatic carbocycles. The first kappa shape index (κ1) is 13.5. The number of aromatic nitrogens is 1. The molecular weight excluding hydrogens is 269 g/mol. The Kier molecular flexibility index (Phi) is 3.56. The van der Waals surface area contributed by atoms with Crippen LogP contribution < -0.4 is 10.6 Å². The van der Waals surface area contributed by atoms with Gasteiger partial charge in [0.15, 0.2) is 0 Å². The van der Waals surface area contributed by atoms with E-state index in [1.165, 1.54) is 12.1 Å². The van der Waals surface area contributed by atoms with Crippen molar-refractivity contribution >= 4 is 11.8 Å². The first-order valence-electron chi connectivity index (χ1n) is 6.91. The lowest BCUT2D eigenvalue weighted by Gasteiger charge is -2.15. The van der Waals surface area contributed by atoms with Crippen molar-refractivity contribution in [2.75, 3.05) is 5.32 Å². The van der Waals surface area contributed by atoms with Gasteiger partial charge in [-0.2, -0.15) is 0 Å². The molecule has 0 saturated heterocycles. The summed E-state index contributed by atoms with van der Waals surface area (Å²) in [6.07, 6.45) is 3.20. The molecule has 0 saturated carbocycles. The van der Waals surface area contributed by atoms with Crippen molar-refractivity contribution in [2.24, 2.45) is 0 Å². The summed E-state index contributed by atoms with van der Waals surface area (Å²) in [6.45, 7) is 1.89. The third-order valence-corrected chi connectivity index (χ3v) is 3.73. The number of amides is 2. The predicted molar refractivity (Wildman–Crippen MR) is 78.6 cm³/mol. The molecule has 0 fully saturated rings. The standard InChI is InChI=1S/C16H16FN3O/c1-10-3-2-8-18-15(10)20-16(21)19-14-7-4-11-9-12(17)5-6-13(11)14/h2-3,5-6,8-9,14H,4,7H2,1H3,(H2,18,19,20,21). The zero-order valence-corrected chi connectivity index (χ0v) is 11.7. The summed E-state index contributed by atoms with van der Waals surface area (Å²) in [5, 5.41) is 5.66. The van der Waals surface area contributed by atoms with Gasteiger partial charge in [-0.05, 0) is 54.7 Å². The third kappa shape index (κ3) is 2.86. The zero-order chi connectivity index (χ0) is 14.8. The topological polar surface area (TPSA) is 54.0 Å². The Labute approximate surface area is 122 Å². The van der Waals surface area contributed by atoms with E-state index in [9.17, 15) is 9.18 Å². The molecule has 2 N–H and O–H groups in total. The van der Waals surface area contributed by atoms with Crippen LogP contribution in [-0.4, -0.2) is 11.0 Å². The van der Waals surface area contributed by atoms with Crippen molar-refractivity contribution in [3.8, 4) is 0 Å². The number of carbonyl (C=O) groups excluding carboxylic acids is 1. The molecule has 5 heteroatoms. The average Bonchev–Trinajstić information content (AvgIpc) is 2.83. The van der Waals surface area contributed by atoms with E-state index in [-0.39, 0.29) is 17.9 Å². The number of nitrogens with one attached hydrogen (secondary N) is 2. The van der Waals surface area contributed by atoms with E-state index < -0.39 is 0 Å². The molecule has 0 aliphatic heterocycles. The lowest BCUT2D eigenvalue weighted by Crippen LogP contribution is -2.32. The number of halogens is 1. The second-order valence-corrected chi connectivity index (χ2v) is 5.20. The molecule has 0 spiro atoms. The van der Waals surface area contributed by atoms with E-state index >= 15 is 0 Å². The summed E-state index contributed by atoms with van der Waals surface area (Å²) >= 11 is 0. The normalized spacial score (nSPS) is 16.4. The Morgan fingerprint density at radius 2 is 2.24 bits per heavy atom. The quantitative estimate of drug-likeness (QED) is 0.889. The first-order valence-corrected chi connectivity index (χ1v) is 6.91. The number of anilines is 1. The van der Waals surface area contributed by atoms with Gasteiger partial charge in [-0.1, -0.05) is 12.1 Å². The molecule has 0 bridgehead atoms. The highest BCUT2D eigenvalue weighted by Gasteiger charge is 2.24. The van der Waals surface area contributed by atoms with Crippen LogP contribution in [-0.2, 0) is 6.42 Å². The van der Waals surface area contributed by atoms with Crippen LogP contribution in [0.5, 0.6) is 0 Å². The van der Waals surface area contributed by atoms with E-state index in [4.69, 9.17) is 0 Å². The number of fused-ring (bicyclic) bond motifs is 1. The Morgan fingerprint density at radius 3 is 3.05 bits per heavy atom. The SMILES string of the molecule is Cc1cccnc1NC(=O)NC1CCc2cc(F)ccc21. The summed E-state index contributed by atoms with van der Waals surface area (Å²) in [6, 6.07) is 8.05. The zero-order valence-electron chi connectivity index (χ0n) is 11.7. The van der Waals surface area contributed by atoms with Crippen LogP contribution in [0, 0.1) is 12.7 Å². The number of aryl methyl sites for hydroxylation is 2. The van der Waals surface area contributed by atoms with Crippen LogP contribution in [0.4, 0.5) is 15.0 Å². The molecule has 1 aliphatic carbocycles. The molecule has 1 unspecified atom stereocenters. The summed E-state index contributed by atoms with van der Waals surface area (Å²) in [5.74, 6) is 0.315. The van der Waals surface area contributed by atoms with E-state index in [2.05, 4.69) is 15.6 Å². The molecule has 4 nitrogen and oxygen atoms in total. The highest BCUT2D eigenvalue weighted by atomic mass is 19.1. The maximum Gasteiger partial charge on any atom is 0.320 e. The number of rotatable bonds is 2. The lowest BCUT2D eigenvalue weighted by molar-refractivity contribution is 0.248. The molecule has 1 heterocycles. The number of pyridine rings is 1. The van der Waals surface area contributed by atoms with Gasteiger partial charge >= 0.3 is 6.03 Å². The van der Waals surface area contributed by atoms with E-state index in [1.54, 1.807) is 12.3 Å². The molecule has 3 rings (SSSR count). The third-order valence-electron chi connectivity index (χ3n) is 3.73. The van der Waals surface area contributed by atoms with Gasteiger partial charge < -0.3 is 5.32 Å². The minimum atomic E-state index is -0.293. The fraction of sp³-hybridized carbons (Fsp3) is 0.250. The Morgan fingerprint density at radius 1 is 1.38 bits per heavy atom. The number of urea groups is 1. The van der Waals surface area contributed by atoms with Crippen LogP contribution in [0.15, 0.2) is 36.5 Å². The van der Waals surface area contributed by atoms with Gasteiger partial charge in [0.05, 0.1) is 6.04 Å². The Balaban J connectivity index is 1.69. The molecular formula is C16H16FN3O. The molecule has 1 aromatic heterocycles. The van der Waals surface area contributed by atoms with Crippen LogP contribution in [0.1, 0.15) is 29.2 Å². The van der Waals surface area contributed by atoms with Crippen molar-refractivity contribution in [1.82, 2.24) is 10.3 Å². The largest absolute Gasteiger partial charge is 0.331 e. The second-order valence-electron chi connectivity index (χ2n) is 5.20. The lowest BCUT2D eigenvalue weighted by atomic mass is 10.1. The molecule has 2 amide bonds. The Hall–Kier alpha value is -2.43. The Bertz CT molecular complexity index is 687. The molecule has 1 atom stereocenters. The van der Waals surface area contributed by atoms with Crippen LogP contribution in [0.2, 0.25) is 0 Å². The van der Waals surface area contributed by atoms with E-state index in [0.29, 0.717) is 5.82 Å². The van der Waals surface area contributed by atoms with E-state index in [1.807, 2.05) is 19.1 Å².